The Kier molecular flexibility index (Phi) is 7.06. The Morgan fingerprint density at radius 3 is 2.50 bits per heavy atom. The van der Waals surface area contributed by atoms with Gasteiger partial charge in [0.2, 0.25) is 5.89 Å². The summed E-state index contributed by atoms with van der Waals surface area (Å²) in [7, 11) is 1.57. The van der Waals surface area contributed by atoms with Gasteiger partial charge in [-0.25, -0.2) is 9.37 Å². The third-order valence-electron chi connectivity index (χ3n) is 4.36. The second kappa shape index (κ2) is 9.91. The minimum absolute atomic E-state index is 0.0767. The number of carbonyl (C=O) groups is 1. The van der Waals surface area contributed by atoms with Crippen molar-refractivity contribution in [3.63, 3.8) is 0 Å². The van der Waals surface area contributed by atoms with E-state index in [1.165, 1.54) is 18.4 Å². The van der Waals surface area contributed by atoms with Gasteiger partial charge >= 0.3 is 0 Å². The molecule has 0 saturated heterocycles. The SMILES string of the molecule is CCOc1cc(F)ccc1CC(=O)Cc1coc(-c2ccc(OC)c(OCC)c2)n1. The van der Waals surface area contributed by atoms with Crippen LogP contribution in [0.4, 0.5) is 4.39 Å². The summed E-state index contributed by atoms with van der Waals surface area (Å²) in [4.78, 5) is 16.9. The topological polar surface area (TPSA) is 70.8 Å². The van der Waals surface area contributed by atoms with Gasteiger partial charge in [-0.05, 0) is 38.1 Å². The van der Waals surface area contributed by atoms with Gasteiger partial charge in [0.25, 0.3) is 0 Å². The summed E-state index contributed by atoms with van der Waals surface area (Å²) in [5.74, 6) is 1.50. The summed E-state index contributed by atoms with van der Waals surface area (Å²) < 4.78 is 35.3. The number of methoxy groups -OCH3 is 1. The van der Waals surface area contributed by atoms with E-state index >= 15 is 0 Å². The van der Waals surface area contributed by atoms with Crippen LogP contribution in [0.5, 0.6) is 17.2 Å². The van der Waals surface area contributed by atoms with Gasteiger partial charge in [0, 0.05) is 23.6 Å². The zero-order valence-electron chi connectivity index (χ0n) is 17.2. The molecule has 0 radical (unpaired) electrons. The Labute approximate surface area is 174 Å². The zero-order valence-corrected chi connectivity index (χ0v) is 17.2. The third-order valence-corrected chi connectivity index (χ3v) is 4.36. The van der Waals surface area contributed by atoms with E-state index in [2.05, 4.69) is 4.98 Å². The van der Waals surface area contributed by atoms with Crippen LogP contribution in [0.1, 0.15) is 25.1 Å². The second-order valence-electron chi connectivity index (χ2n) is 6.52. The Morgan fingerprint density at radius 1 is 1.00 bits per heavy atom. The predicted octanol–water partition coefficient (Wildman–Crippen LogP) is 4.64. The van der Waals surface area contributed by atoms with Crippen LogP contribution in [0, 0.1) is 5.82 Å². The highest BCUT2D eigenvalue weighted by atomic mass is 19.1. The maximum atomic E-state index is 13.4. The fourth-order valence-electron chi connectivity index (χ4n) is 3.04. The zero-order chi connectivity index (χ0) is 21.5. The van der Waals surface area contributed by atoms with Crippen LogP contribution in [-0.4, -0.2) is 31.1 Å². The van der Waals surface area contributed by atoms with Crippen molar-refractivity contribution in [3.05, 3.63) is 59.7 Å². The predicted molar refractivity (Wildman–Crippen MR) is 110 cm³/mol. The van der Waals surface area contributed by atoms with Crippen LogP contribution in [0.25, 0.3) is 11.5 Å². The van der Waals surface area contributed by atoms with E-state index in [1.807, 2.05) is 19.9 Å². The average molecular weight is 413 g/mol. The van der Waals surface area contributed by atoms with Gasteiger partial charge in [0.05, 0.1) is 32.4 Å². The first-order valence-electron chi connectivity index (χ1n) is 9.72. The minimum Gasteiger partial charge on any atom is -0.493 e. The van der Waals surface area contributed by atoms with Gasteiger partial charge in [-0.15, -0.1) is 0 Å². The molecule has 0 saturated carbocycles. The van der Waals surface area contributed by atoms with Crippen molar-refractivity contribution < 1.29 is 27.8 Å². The number of Topliss-reactive ketones (excluding diaryl/α,β-unsaturated/α-hetero) is 1. The van der Waals surface area contributed by atoms with Crippen LogP contribution in [0.3, 0.4) is 0 Å². The average Bonchev–Trinajstić information content (AvgIpc) is 3.19. The first-order valence-corrected chi connectivity index (χ1v) is 9.72. The van der Waals surface area contributed by atoms with Crippen LogP contribution in [0.15, 0.2) is 47.1 Å². The fraction of sp³-hybridized carbons (Fsp3) is 0.304. The summed E-state index contributed by atoms with van der Waals surface area (Å²) in [6, 6.07) is 9.55. The lowest BCUT2D eigenvalue weighted by Gasteiger charge is -2.09. The molecule has 1 aromatic heterocycles. The first-order chi connectivity index (χ1) is 14.5. The quantitative estimate of drug-likeness (QED) is 0.482. The van der Waals surface area contributed by atoms with E-state index < -0.39 is 5.82 Å². The van der Waals surface area contributed by atoms with Gasteiger partial charge in [-0.2, -0.15) is 0 Å². The minimum atomic E-state index is -0.401. The summed E-state index contributed by atoms with van der Waals surface area (Å²) in [6.07, 6.45) is 1.68. The van der Waals surface area contributed by atoms with E-state index in [4.69, 9.17) is 18.6 Å². The summed E-state index contributed by atoms with van der Waals surface area (Å²) in [5.41, 5.74) is 1.88. The van der Waals surface area contributed by atoms with Crippen molar-refractivity contribution in [1.29, 1.82) is 0 Å². The van der Waals surface area contributed by atoms with Crippen LogP contribution < -0.4 is 14.2 Å². The van der Waals surface area contributed by atoms with E-state index in [-0.39, 0.29) is 18.6 Å². The molecule has 0 unspecified atom stereocenters. The van der Waals surface area contributed by atoms with Gasteiger partial charge in [-0.1, -0.05) is 6.07 Å². The molecule has 0 fully saturated rings. The van der Waals surface area contributed by atoms with E-state index in [0.29, 0.717) is 47.6 Å². The molecule has 2 aromatic carbocycles. The number of rotatable bonds is 10. The van der Waals surface area contributed by atoms with Gasteiger partial charge < -0.3 is 18.6 Å². The molecule has 158 valence electrons. The van der Waals surface area contributed by atoms with E-state index in [0.717, 1.165) is 5.56 Å². The Hall–Kier alpha value is -3.35. The number of hydrogen-bond donors (Lipinski definition) is 0. The molecule has 30 heavy (non-hydrogen) atoms. The molecule has 0 bridgehead atoms. The van der Waals surface area contributed by atoms with Gasteiger partial charge in [0.1, 0.15) is 23.6 Å². The van der Waals surface area contributed by atoms with Crippen molar-refractivity contribution >= 4 is 5.78 Å². The number of carbonyl (C=O) groups excluding carboxylic acids is 1. The molecule has 1 heterocycles. The van der Waals surface area contributed by atoms with Crippen molar-refractivity contribution in [1.82, 2.24) is 4.98 Å². The molecule has 6 nitrogen and oxygen atoms in total. The van der Waals surface area contributed by atoms with E-state index in [9.17, 15) is 9.18 Å². The highest BCUT2D eigenvalue weighted by Crippen LogP contribution is 2.32. The molecule has 0 N–H and O–H groups in total. The van der Waals surface area contributed by atoms with Gasteiger partial charge in [-0.3, -0.25) is 4.79 Å². The molecule has 0 amide bonds. The molecular weight excluding hydrogens is 389 g/mol. The Bertz CT molecular complexity index is 1010. The molecule has 0 aliphatic rings. The largest absolute Gasteiger partial charge is 0.493 e. The smallest absolute Gasteiger partial charge is 0.226 e. The molecular formula is C23H24FNO5. The van der Waals surface area contributed by atoms with E-state index in [1.54, 1.807) is 25.3 Å². The summed E-state index contributed by atoms with van der Waals surface area (Å²) in [5, 5.41) is 0. The van der Waals surface area contributed by atoms with Crippen molar-refractivity contribution in [2.24, 2.45) is 0 Å². The standard InChI is InChI=1S/C23H24FNO5/c1-4-28-21-12-17(24)8-6-15(21)10-19(26)13-18-14-30-23(25-18)16-7-9-20(27-3)22(11-16)29-5-2/h6-9,11-12,14H,4-5,10,13H2,1-3H3. The van der Waals surface area contributed by atoms with Crippen LogP contribution in [0.2, 0.25) is 0 Å². The third kappa shape index (κ3) is 5.17. The van der Waals surface area contributed by atoms with Crippen molar-refractivity contribution in [2.75, 3.05) is 20.3 Å². The fourth-order valence-corrected chi connectivity index (χ4v) is 3.04. The van der Waals surface area contributed by atoms with Crippen molar-refractivity contribution in [2.45, 2.75) is 26.7 Å². The van der Waals surface area contributed by atoms with Gasteiger partial charge in [0.15, 0.2) is 11.5 Å². The molecule has 0 atom stereocenters. The molecule has 7 heteroatoms. The number of aromatic nitrogens is 1. The highest BCUT2D eigenvalue weighted by Gasteiger charge is 2.15. The molecule has 0 spiro atoms. The maximum absolute atomic E-state index is 13.4. The normalized spacial score (nSPS) is 10.7. The lowest BCUT2D eigenvalue weighted by molar-refractivity contribution is -0.117. The lowest BCUT2D eigenvalue weighted by Crippen LogP contribution is -2.09. The number of halogens is 1. The monoisotopic (exact) mass is 413 g/mol. The number of benzene rings is 2. The van der Waals surface area contributed by atoms with Crippen LogP contribution >= 0.6 is 0 Å². The number of ether oxygens (including phenoxy) is 3. The molecule has 3 aromatic rings. The Morgan fingerprint density at radius 2 is 1.77 bits per heavy atom. The highest BCUT2D eigenvalue weighted by molar-refractivity contribution is 5.83. The number of ketones is 1. The van der Waals surface area contributed by atoms with Crippen molar-refractivity contribution in [3.8, 4) is 28.7 Å². The summed E-state index contributed by atoms with van der Waals surface area (Å²) >= 11 is 0. The number of nitrogens with zero attached hydrogens (tertiary/aromatic N) is 1. The second-order valence-corrected chi connectivity index (χ2v) is 6.52. The summed E-state index contributed by atoms with van der Waals surface area (Å²) in [6.45, 7) is 4.59. The lowest BCUT2D eigenvalue weighted by atomic mass is 10.0. The Balaban J connectivity index is 1.71. The first kappa shape index (κ1) is 21.4. The van der Waals surface area contributed by atoms with Crippen LogP contribution in [-0.2, 0) is 17.6 Å². The number of oxazole rings is 1. The molecule has 0 aliphatic heterocycles. The number of hydrogen-bond acceptors (Lipinski definition) is 6. The molecule has 0 aliphatic carbocycles. The maximum Gasteiger partial charge on any atom is 0.226 e. The molecule has 3 rings (SSSR count).